The molecule has 1 aromatic heterocycles. The molecule has 4 rings (SSSR count). The molecule has 3 aromatic rings. The number of carbonyl (C=O) groups excluding carboxylic acids is 2. The number of aryl methyl sites for hydroxylation is 2. The van der Waals surface area contributed by atoms with Gasteiger partial charge >= 0.3 is 0 Å². The van der Waals surface area contributed by atoms with Gasteiger partial charge in [0, 0.05) is 29.7 Å². The molecule has 152 valence electrons. The quantitative estimate of drug-likeness (QED) is 0.618. The van der Waals surface area contributed by atoms with Crippen molar-refractivity contribution in [2.45, 2.75) is 36.6 Å². The number of benzene rings is 2. The molecule has 2 aromatic carbocycles. The van der Waals surface area contributed by atoms with Gasteiger partial charge in [-0.2, -0.15) is 0 Å². The van der Waals surface area contributed by atoms with E-state index in [2.05, 4.69) is 10.3 Å². The normalized spacial score (nSPS) is 12.7. The summed E-state index contributed by atoms with van der Waals surface area (Å²) in [6.45, 7) is 4.52. The third-order valence-electron chi connectivity index (χ3n) is 5.19. The maximum atomic E-state index is 13.2. The Morgan fingerprint density at radius 1 is 1.07 bits per heavy atom. The smallest absolute Gasteiger partial charge is 0.259 e. The number of amides is 2. The monoisotopic (exact) mass is 417 g/mol. The SMILES string of the molecule is Cc1ccc(NC(=O)CCCN2C(=O)c3ccccc3Sc3ncccc32)cc1C. The Bertz CT molecular complexity index is 1110. The number of aromatic nitrogens is 1. The maximum absolute atomic E-state index is 13.2. The molecule has 0 bridgehead atoms. The van der Waals surface area contributed by atoms with Crippen molar-refractivity contribution in [2.24, 2.45) is 0 Å². The number of pyridine rings is 1. The van der Waals surface area contributed by atoms with Crippen molar-refractivity contribution in [1.29, 1.82) is 0 Å². The predicted molar refractivity (Wildman–Crippen MR) is 120 cm³/mol. The summed E-state index contributed by atoms with van der Waals surface area (Å²) in [4.78, 5) is 32.7. The van der Waals surface area contributed by atoms with Crippen LogP contribution < -0.4 is 10.2 Å². The molecule has 0 spiro atoms. The molecule has 0 aliphatic carbocycles. The summed E-state index contributed by atoms with van der Waals surface area (Å²) in [5.74, 6) is -0.110. The van der Waals surface area contributed by atoms with Gasteiger partial charge in [-0.25, -0.2) is 4.98 Å². The number of rotatable bonds is 5. The largest absolute Gasteiger partial charge is 0.326 e. The highest BCUT2D eigenvalue weighted by Crippen LogP contribution is 2.39. The summed E-state index contributed by atoms with van der Waals surface area (Å²) in [6.07, 6.45) is 2.63. The van der Waals surface area contributed by atoms with Crippen LogP contribution >= 0.6 is 11.8 Å². The van der Waals surface area contributed by atoms with Crippen LogP contribution in [0.5, 0.6) is 0 Å². The molecular weight excluding hydrogens is 394 g/mol. The second-order valence-electron chi connectivity index (χ2n) is 7.33. The van der Waals surface area contributed by atoms with Crippen molar-refractivity contribution in [2.75, 3.05) is 16.8 Å². The molecular formula is C24H23N3O2S. The summed E-state index contributed by atoms with van der Waals surface area (Å²) in [5.41, 5.74) is 4.59. The Hall–Kier alpha value is -3.12. The van der Waals surface area contributed by atoms with E-state index in [4.69, 9.17) is 0 Å². The average Bonchev–Trinajstić information content (AvgIpc) is 2.86. The van der Waals surface area contributed by atoms with Gasteiger partial charge in [-0.15, -0.1) is 0 Å². The lowest BCUT2D eigenvalue weighted by Crippen LogP contribution is -2.32. The van der Waals surface area contributed by atoms with Gasteiger partial charge in [-0.3, -0.25) is 9.59 Å². The van der Waals surface area contributed by atoms with Gasteiger partial charge in [0.15, 0.2) is 0 Å². The minimum absolute atomic E-state index is 0.0540. The Balaban J connectivity index is 1.46. The Morgan fingerprint density at radius 3 is 2.73 bits per heavy atom. The number of hydrogen-bond donors (Lipinski definition) is 1. The number of hydrogen-bond acceptors (Lipinski definition) is 4. The molecule has 2 heterocycles. The molecule has 5 nitrogen and oxygen atoms in total. The second-order valence-corrected chi connectivity index (χ2v) is 8.36. The zero-order chi connectivity index (χ0) is 21.1. The minimum Gasteiger partial charge on any atom is -0.326 e. The lowest BCUT2D eigenvalue weighted by atomic mass is 10.1. The van der Waals surface area contributed by atoms with E-state index in [9.17, 15) is 9.59 Å². The molecule has 0 saturated carbocycles. The lowest BCUT2D eigenvalue weighted by Gasteiger charge is -2.22. The van der Waals surface area contributed by atoms with Crippen molar-refractivity contribution in [1.82, 2.24) is 4.98 Å². The van der Waals surface area contributed by atoms with Crippen LogP contribution in [0.3, 0.4) is 0 Å². The van der Waals surface area contributed by atoms with Gasteiger partial charge in [0.05, 0.1) is 11.3 Å². The van der Waals surface area contributed by atoms with Gasteiger partial charge in [0.25, 0.3) is 5.91 Å². The molecule has 1 N–H and O–H groups in total. The summed E-state index contributed by atoms with van der Waals surface area (Å²) < 4.78 is 0. The van der Waals surface area contributed by atoms with Crippen molar-refractivity contribution >= 4 is 35.0 Å². The van der Waals surface area contributed by atoms with E-state index in [1.807, 2.05) is 68.4 Å². The molecule has 30 heavy (non-hydrogen) atoms. The first kappa shape index (κ1) is 20.2. The Kier molecular flexibility index (Phi) is 5.86. The van der Waals surface area contributed by atoms with Crippen molar-refractivity contribution < 1.29 is 9.59 Å². The summed E-state index contributed by atoms with van der Waals surface area (Å²) in [6, 6.07) is 17.2. The third-order valence-corrected chi connectivity index (χ3v) is 6.27. The van der Waals surface area contributed by atoms with Gasteiger partial charge in [-0.05, 0) is 67.8 Å². The van der Waals surface area contributed by atoms with Crippen LogP contribution in [0.1, 0.15) is 34.3 Å². The lowest BCUT2D eigenvalue weighted by molar-refractivity contribution is -0.116. The molecule has 2 amide bonds. The first-order valence-electron chi connectivity index (χ1n) is 9.94. The number of anilines is 2. The topological polar surface area (TPSA) is 62.3 Å². The molecule has 1 aliphatic heterocycles. The Morgan fingerprint density at radius 2 is 1.90 bits per heavy atom. The molecule has 0 saturated heterocycles. The summed E-state index contributed by atoms with van der Waals surface area (Å²) >= 11 is 1.50. The van der Waals surface area contributed by atoms with E-state index in [0.717, 1.165) is 26.9 Å². The van der Waals surface area contributed by atoms with Crippen LogP contribution in [0.2, 0.25) is 0 Å². The number of carbonyl (C=O) groups is 2. The molecule has 0 fully saturated rings. The van der Waals surface area contributed by atoms with Crippen molar-refractivity contribution in [3.63, 3.8) is 0 Å². The standard InChI is InChI=1S/C24H23N3O2S/c1-16-11-12-18(15-17(16)2)26-22(28)10-6-14-27-20-8-5-13-25-23(20)30-21-9-4-3-7-19(21)24(27)29/h3-5,7-9,11-13,15H,6,10,14H2,1-2H3,(H,26,28). The van der Waals surface area contributed by atoms with E-state index in [0.29, 0.717) is 24.9 Å². The molecule has 0 unspecified atom stereocenters. The Labute approximate surface area is 180 Å². The second kappa shape index (κ2) is 8.71. The van der Waals surface area contributed by atoms with Gasteiger partial charge < -0.3 is 10.2 Å². The number of nitrogens with zero attached hydrogens (tertiary/aromatic N) is 2. The van der Waals surface area contributed by atoms with Crippen LogP contribution in [0.15, 0.2) is 70.7 Å². The zero-order valence-corrected chi connectivity index (χ0v) is 17.8. The first-order chi connectivity index (χ1) is 14.5. The maximum Gasteiger partial charge on any atom is 0.259 e. The van der Waals surface area contributed by atoms with Crippen LogP contribution in [0.4, 0.5) is 11.4 Å². The molecule has 1 aliphatic rings. The molecule has 6 heteroatoms. The van der Waals surface area contributed by atoms with E-state index in [1.165, 1.54) is 17.3 Å². The van der Waals surface area contributed by atoms with Gasteiger partial charge in [-0.1, -0.05) is 30.0 Å². The fourth-order valence-corrected chi connectivity index (χ4v) is 4.44. The van der Waals surface area contributed by atoms with E-state index in [1.54, 1.807) is 11.1 Å². The average molecular weight is 418 g/mol. The van der Waals surface area contributed by atoms with Crippen molar-refractivity contribution in [3.05, 3.63) is 77.5 Å². The number of fused-ring (bicyclic) bond motifs is 2. The fourth-order valence-electron chi connectivity index (χ4n) is 3.42. The van der Waals surface area contributed by atoms with Crippen LogP contribution in [-0.2, 0) is 4.79 Å². The van der Waals surface area contributed by atoms with Crippen LogP contribution in [0, 0.1) is 13.8 Å². The van der Waals surface area contributed by atoms with Crippen LogP contribution in [-0.4, -0.2) is 23.3 Å². The van der Waals surface area contributed by atoms with E-state index in [-0.39, 0.29) is 11.8 Å². The number of nitrogens with one attached hydrogen (secondary N) is 1. The van der Waals surface area contributed by atoms with E-state index < -0.39 is 0 Å². The van der Waals surface area contributed by atoms with E-state index >= 15 is 0 Å². The minimum atomic E-state index is -0.0561. The van der Waals surface area contributed by atoms with Crippen molar-refractivity contribution in [3.8, 4) is 0 Å². The van der Waals surface area contributed by atoms with Gasteiger partial charge in [0.1, 0.15) is 5.03 Å². The van der Waals surface area contributed by atoms with Crippen LogP contribution in [0.25, 0.3) is 0 Å². The molecule has 0 atom stereocenters. The highest BCUT2D eigenvalue weighted by atomic mass is 32.2. The predicted octanol–water partition coefficient (Wildman–Crippen LogP) is 5.23. The van der Waals surface area contributed by atoms with Gasteiger partial charge in [0.2, 0.25) is 5.91 Å². The highest BCUT2D eigenvalue weighted by Gasteiger charge is 2.27. The third kappa shape index (κ3) is 4.24. The first-order valence-corrected chi connectivity index (χ1v) is 10.8. The fraction of sp³-hybridized carbons (Fsp3) is 0.208. The zero-order valence-electron chi connectivity index (χ0n) is 17.0. The molecule has 0 radical (unpaired) electrons. The summed E-state index contributed by atoms with van der Waals surface area (Å²) in [5, 5.41) is 3.75. The summed E-state index contributed by atoms with van der Waals surface area (Å²) in [7, 11) is 0. The highest BCUT2D eigenvalue weighted by molar-refractivity contribution is 7.99.